The Kier molecular flexibility index (Phi) is 3.56. The molecule has 0 spiro atoms. The summed E-state index contributed by atoms with van der Waals surface area (Å²) < 4.78 is 0. The predicted octanol–water partition coefficient (Wildman–Crippen LogP) is 2.06. The molecule has 0 aromatic heterocycles. The summed E-state index contributed by atoms with van der Waals surface area (Å²) in [5, 5.41) is 0. The standard InChI is InChI=1S/C16H22N2O/c1-2-16(19)18-10-8-15(12-18)17-9-7-13-5-3-4-6-14(13)11-17/h3-6,15H,2,7-12H2,1H3. The van der Waals surface area contributed by atoms with E-state index in [1.54, 1.807) is 0 Å². The number of amides is 1. The van der Waals surface area contributed by atoms with Crippen LogP contribution in [0, 0.1) is 0 Å². The lowest BCUT2D eigenvalue weighted by molar-refractivity contribution is -0.130. The molecule has 3 heteroatoms. The average Bonchev–Trinajstić information content (AvgIpc) is 2.95. The second kappa shape index (κ2) is 5.33. The van der Waals surface area contributed by atoms with Crippen LogP contribution in [0.2, 0.25) is 0 Å². The topological polar surface area (TPSA) is 23.6 Å². The van der Waals surface area contributed by atoms with E-state index >= 15 is 0 Å². The summed E-state index contributed by atoms with van der Waals surface area (Å²) in [7, 11) is 0. The molecule has 0 radical (unpaired) electrons. The van der Waals surface area contributed by atoms with Gasteiger partial charge < -0.3 is 4.90 Å². The van der Waals surface area contributed by atoms with Gasteiger partial charge in [-0.1, -0.05) is 31.2 Å². The van der Waals surface area contributed by atoms with Crippen molar-refractivity contribution in [1.29, 1.82) is 0 Å². The van der Waals surface area contributed by atoms with Gasteiger partial charge in [0, 0.05) is 38.6 Å². The number of rotatable bonds is 2. The van der Waals surface area contributed by atoms with Gasteiger partial charge in [0.1, 0.15) is 0 Å². The fourth-order valence-electron chi connectivity index (χ4n) is 3.32. The highest BCUT2D eigenvalue weighted by Crippen LogP contribution is 2.24. The van der Waals surface area contributed by atoms with Crippen LogP contribution in [0.1, 0.15) is 30.9 Å². The quantitative estimate of drug-likeness (QED) is 0.810. The van der Waals surface area contributed by atoms with Gasteiger partial charge in [0.2, 0.25) is 5.91 Å². The third-order valence-electron chi connectivity index (χ3n) is 4.50. The first kappa shape index (κ1) is 12.7. The Bertz CT molecular complexity index is 472. The fourth-order valence-corrected chi connectivity index (χ4v) is 3.32. The molecule has 0 saturated carbocycles. The number of carbonyl (C=O) groups excluding carboxylic acids is 1. The van der Waals surface area contributed by atoms with Crippen molar-refractivity contribution in [2.45, 2.75) is 38.8 Å². The first-order valence-corrected chi connectivity index (χ1v) is 7.36. The van der Waals surface area contributed by atoms with Gasteiger partial charge >= 0.3 is 0 Å². The van der Waals surface area contributed by atoms with E-state index in [9.17, 15) is 4.79 Å². The van der Waals surface area contributed by atoms with Gasteiger partial charge in [-0.3, -0.25) is 9.69 Å². The van der Waals surface area contributed by atoms with Gasteiger partial charge in [-0.25, -0.2) is 0 Å². The zero-order chi connectivity index (χ0) is 13.2. The van der Waals surface area contributed by atoms with Crippen molar-refractivity contribution in [2.75, 3.05) is 19.6 Å². The Balaban J connectivity index is 1.65. The normalized spacial score (nSPS) is 23.4. The van der Waals surface area contributed by atoms with E-state index in [1.165, 1.54) is 11.1 Å². The molecule has 19 heavy (non-hydrogen) atoms. The van der Waals surface area contributed by atoms with Gasteiger partial charge in [-0.15, -0.1) is 0 Å². The van der Waals surface area contributed by atoms with Crippen LogP contribution >= 0.6 is 0 Å². The van der Waals surface area contributed by atoms with Crippen molar-refractivity contribution in [3.8, 4) is 0 Å². The molecule has 1 aromatic rings. The summed E-state index contributed by atoms with van der Waals surface area (Å²) in [5.41, 5.74) is 2.97. The van der Waals surface area contributed by atoms with Crippen LogP contribution in [0.4, 0.5) is 0 Å². The highest BCUT2D eigenvalue weighted by molar-refractivity contribution is 5.76. The van der Waals surface area contributed by atoms with Gasteiger partial charge in [-0.2, -0.15) is 0 Å². The monoisotopic (exact) mass is 258 g/mol. The van der Waals surface area contributed by atoms with Crippen molar-refractivity contribution in [3.63, 3.8) is 0 Å². The first-order chi connectivity index (χ1) is 9.28. The van der Waals surface area contributed by atoms with E-state index in [1.807, 2.05) is 11.8 Å². The van der Waals surface area contributed by atoms with Crippen molar-refractivity contribution in [2.24, 2.45) is 0 Å². The van der Waals surface area contributed by atoms with Crippen LogP contribution in [0.15, 0.2) is 24.3 Å². The molecule has 2 aliphatic heterocycles. The number of likely N-dealkylation sites (tertiary alicyclic amines) is 1. The van der Waals surface area contributed by atoms with Crippen LogP contribution in [-0.4, -0.2) is 41.4 Å². The SMILES string of the molecule is CCC(=O)N1CCC(N2CCc3ccccc3C2)C1. The Morgan fingerprint density at radius 1 is 1.26 bits per heavy atom. The van der Waals surface area contributed by atoms with Gasteiger partial charge in [-0.05, 0) is 24.0 Å². The molecule has 3 nitrogen and oxygen atoms in total. The van der Waals surface area contributed by atoms with Crippen molar-refractivity contribution >= 4 is 5.91 Å². The maximum absolute atomic E-state index is 11.7. The summed E-state index contributed by atoms with van der Waals surface area (Å²) in [6.45, 7) is 6.00. The highest BCUT2D eigenvalue weighted by Gasteiger charge is 2.31. The average molecular weight is 258 g/mol. The van der Waals surface area contributed by atoms with Crippen molar-refractivity contribution < 1.29 is 4.79 Å². The molecule has 1 amide bonds. The van der Waals surface area contributed by atoms with Crippen LogP contribution in [0.5, 0.6) is 0 Å². The summed E-state index contributed by atoms with van der Waals surface area (Å²) >= 11 is 0. The molecular formula is C16H22N2O. The third-order valence-corrected chi connectivity index (χ3v) is 4.50. The maximum Gasteiger partial charge on any atom is 0.222 e. The minimum Gasteiger partial charge on any atom is -0.341 e. The second-order valence-corrected chi connectivity index (χ2v) is 5.62. The van der Waals surface area contributed by atoms with E-state index in [0.29, 0.717) is 18.4 Å². The molecule has 1 saturated heterocycles. The minimum absolute atomic E-state index is 0.305. The van der Waals surface area contributed by atoms with Crippen LogP contribution in [-0.2, 0) is 17.8 Å². The van der Waals surface area contributed by atoms with E-state index in [-0.39, 0.29) is 0 Å². The lowest BCUT2D eigenvalue weighted by Crippen LogP contribution is -2.41. The maximum atomic E-state index is 11.7. The predicted molar refractivity (Wildman–Crippen MR) is 75.8 cm³/mol. The summed E-state index contributed by atoms with van der Waals surface area (Å²) in [6.07, 6.45) is 2.91. The Labute approximate surface area is 115 Å². The number of fused-ring (bicyclic) bond motifs is 1. The van der Waals surface area contributed by atoms with E-state index in [0.717, 1.165) is 39.0 Å². The molecule has 0 bridgehead atoms. The molecule has 1 fully saturated rings. The summed E-state index contributed by atoms with van der Waals surface area (Å²) in [4.78, 5) is 16.3. The molecular weight excluding hydrogens is 236 g/mol. The minimum atomic E-state index is 0.305. The molecule has 102 valence electrons. The Hall–Kier alpha value is -1.35. The molecule has 1 atom stereocenters. The molecule has 0 N–H and O–H groups in total. The Morgan fingerprint density at radius 3 is 2.84 bits per heavy atom. The van der Waals surface area contributed by atoms with Gasteiger partial charge in [0.25, 0.3) is 0 Å². The van der Waals surface area contributed by atoms with Crippen molar-refractivity contribution in [1.82, 2.24) is 9.80 Å². The second-order valence-electron chi connectivity index (χ2n) is 5.62. The zero-order valence-electron chi connectivity index (χ0n) is 11.6. The fraction of sp³-hybridized carbons (Fsp3) is 0.562. The van der Waals surface area contributed by atoms with Crippen LogP contribution in [0.3, 0.4) is 0 Å². The van der Waals surface area contributed by atoms with Crippen LogP contribution < -0.4 is 0 Å². The smallest absolute Gasteiger partial charge is 0.222 e. The zero-order valence-corrected chi connectivity index (χ0v) is 11.6. The molecule has 3 rings (SSSR count). The van der Waals surface area contributed by atoms with Crippen molar-refractivity contribution in [3.05, 3.63) is 35.4 Å². The number of nitrogens with zero attached hydrogens (tertiary/aromatic N) is 2. The molecule has 0 aliphatic carbocycles. The molecule has 1 unspecified atom stereocenters. The lowest BCUT2D eigenvalue weighted by Gasteiger charge is -2.33. The molecule has 1 aromatic carbocycles. The summed E-state index contributed by atoms with van der Waals surface area (Å²) in [5.74, 6) is 0.305. The van der Waals surface area contributed by atoms with E-state index < -0.39 is 0 Å². The highest BCUT2D eigenvalue weighted by atomic mass is 16.2. The van der Waals surface area contributed by atoms with Crippen LogP contribution in [0.25, 0.3) is 0 Å². The molecule has 2 heterocycles. The summed E-state index contributed by atoms with van der Waals surface area (Å²) in [6, 6.07) is 9.30. The number of carbonyl (C=O) groups is 1. The largest absolute Gasteiger partial charge is 0.341 e. The van der Waals surface area contributed by atoms with Gasteiger partial charge in [0.05, 0.1) is 0 Å². The first-order valence-electron chi connectivity index (χ1n) is 7.36. The number of hydrogen-bond donors (Lipinski definition) is 0. The molecule has 2 aliphatic rings. The lowest BCUT2D eigenvalue weighted by atomic mass is 9.98. The van der Waals surface area contributed by atoms with E-state index in [2.05, 4.69) is 29.2 Å². The van der Waals surface area contributed by atoms with E-state index in [4.69, 9.17) is 0 Å². The Morgan fingerprint density at radius 2 is 2.05 bits per heavy atom. The number of hydrogen-bond acceptors (Lipinski definition) is 2. The van der Waals surface area contributed by atoms with Gasteiger partial charge in [0.15, 0.2) is 0 Å². The third kappa shape index (κ3) is 2.52. The number of benzene rings is 1.